The van der Waals surface area contributed by atoms with Crippen LogP contribution in [0, 0.1) is 11.6 Å². The Morgan fingerprint density at radius 3 is 2.67 bits per heavy atom. The minimum absolute atomic E-state index is 0. The van der Waals surface area contributed by atoms with Gasteiger partial charge in [0, 0.05) is 25.2 Å². The van der Waals surface area contributed by atoms with Gasteiger partial charge in [-0.2, -0.15) is 11.8 Å². The molecule has 0 heterocycles. The predicted octanol–water partition coefficient (Wildman–Crippen LogP) is 3.56. The number of benzene rings is 1. The molecule has 0 saturated carbocycles. The molecule has 0 bridgehead atoms. The maximum atomic E-state index is 13.7. The first kappa shape index (κ1) is 20.4. The van der Waals surface area contributed by atoms with Crippen LogP contribution in [0.4, 0.5) is 8.78 Å². The molecule has 0 amide bonds. The Labute approximate surface area is 146 Å². The zero-order valence-corrected chi connectivity index (χ0v) is 15.6. The van der Waals surface area contributed by atoms with E-state index in [-0.39, 0.29) is 30.0 Å². The van der Waals surface area contributed by atoms with Gasteiger partial charge in [-0.25, -0.2) is 8.78 Å². The quantitative estimate of drug-likeness (QED) is 0.314. The molecule has 1 rings (SSSR count). The summed E-state index contributed by atoms with van der Waals surface area (Å²) in [5.74, 6) is 0.565. The van der Waals surface area contributed by atoms with Crippen LogP contribution in [0.25, 0.3) is 0 Å². The summed E-state index contributed by atoms with van der Waals surface area (Å²) in [7, 11) is 1.66. The van der Waals surface area contributed by atoms with Crippen molar-refractivity contribution in [1.82, 2.24) is 10.6 Å². The van der Waals surface area contributed by atoms with Crippen molar-refractivity contribution in [3.05, 3.63) is 35.4 Å². The Kier molecular flexibility index (Phi) is 10.8. The van der Waals surface area contributed by atoms with Crippen LogP contribution in [0.15, 0.2) is 23.2 Å². The first-order valence-electron chi connectivity index (χ1n) is 6.49. The molecule has 0 saturated heterocycles. The zero-order valence-electron chi connectivity index (χ0n) is 12.5. The summed E-state index contributed by atoms with van der Waals surface area (Å²) in [5, 5.41) is 6.25. The van der Waals surface area contributed by atoms with E-state index in [2.05, 4.69) is 21.9 Å². The lowest BCUT2D eigenvalue weighted by Crippen LogP contribution is -2.39. The molecule has 7 heteroatoms. The second-order valence-corrected chi connectivity index (χ2v) is 5.36. The van der Waals surface area contributed by atoms with E-state index in [0.717, 1.165) is 24.8 Å². The maximum Gasteiger partial charge on any atom is 0.191 e. The lowest BCUT2D eigenvalue weighted by molar-refractivity contribution is 0.551. The molecule has 0 aliphatic carbocycles. The molecule has 0 aromatic heterocycles. The standard InChI is InChI=1S/C14H21F2N3S.HI/c1-10(12-6-5-11(15)9-13(12)16)19-14(17-2)18-7-4-8-20-3;/h5-6,9-10H,4,7-8H2,1-3H3,(H2,17,18,19);1H. The van der Waals surface area contributed by atoms with Crippen LogP contribution in [0.3, 0.4) is 0 Å². The molecule has 0 spiro atoms. The molecular formula is C14H22F2IN3S. The highest BCUT2D eigenvalue weighted by Gasteiger charge is 2.12. The van der Waals surface area contributed by atoms with E-state index in [0.29, 0.717) is 11.5 Å². The molecule has 1 unspecified atom stereocenters. The highest BCUT2D eigenvalue weighted by molar-refractivity contribution is 14.0. The molecule has 1 atom stereocenters. The summed E-state index contributed by atoms with van der Waals surface area (Å²) in [6, 6.07) is 3.30. The molecule has 21 heavy (non-hydrogen) atoms. The minimum atomic E-state index is -0.571. The maximum absolute atomic E-state index is 13.7. The van der Waals surface area contributed by atoms with Crippen LogP contribution >= 0.6 is 35.7 Å². The van der Waals surface area contributed by atoms with E-state index in [1.807, 2.05) is 6.92 Å². The molecule has 0 aliphatic heterocycles. The monoisotopic (exact) mass is 429 g/mol. The first-order chi connectivity index (χ1) is 9.58. The number of thioether (sulfide) groups is 1. The Morgan fingerprint density at radius 2 is 2.10 bits per heavy atom. The van der Waals surface area contributed by atoms with Crippen molar-refractivity contribution >= 4 is 41.7 Å². The Bertz CT molecular complexity index is 458. The van der Waals surface area contributed by atoms with Gasteiger partial charge in [0.25, 0.3) is 0 Å². The fourth-order valence-corrected chi connectivity index (χ4v) is 2.19. The third kappa shape index (κ3) is 7.30. The molecule has 0 fully saturated rings. The van der Waals surface area contributed by atoms with Crippen LogP contribution in [0.2, 0.25) is 0 Å². The van der Waals surface area contributed by atoms with Crippen molar-refractivity contribution in [2.75, 3.05) is 25.6 Å². The predicted molar refractivity (Wildman–Crippen MR) is 97.7 cm³/mol. The Hall–Kier alpha value is -0.570. The minimum Gasteiger partial charge on any atom is -0.356 e. The van der Waals surface area contributed by atoms with Gasteiger partial charge in [-0.05, 0) is 31.4 Å². The van der Waals surface area contributed by atoms with Crippen molar-refractivity contribution in [3.63, 3.8) is 0 Å². The summed E-state index contributed by atoms with van der Waals surface area (Å²) in [5.41, 5.74) is 0.415. The van der Waals surface area contributed by atoms with Gasteiger partial charge >= 0.3 is 0 Å². The van der Waals surface area contributed by atoms with Gasteiger partial charge in [0.2, 0.25) is 0 Å². The van der Waals surface area contributed by atoms with E-state index in [1.54, 1.807) is 18.8 Å². The summed E-state index contributed by atoms with van der Waals surface area (Å²) in [4.78, 5) is 4.09. The van der Waals surface area contributed by atoms with E-state index in [1.165, 1.54) is 12.1 Å². The molecule has 0 aliphatic rings. The van der Waals surface area contributed by atoms with Crippen molar-refractivity contribution in [2.45, 2.75) is 19.4 Å². The lowest BCUT2D eigenvalue weighted by Gasteiger charge is -2.18. The topological polar surface area (TPSA) is 36.4 Å². The number of hydrogen-bond donors (Lipinski definition) is 2. The van der Waals surface area contributed by atoms with Crippen molar-refractivity contribution in [2.24, 2.45) is 4.99 Å². The third-order valence-electron chi connectivity index (χ3n) is 2.82. The van der Waals surface area contributed by atoms with Gasteiger partial charge in [-0.15, -0.1) is 24.0 Å². The number of rotatable bonds is 6. The SMILES string of the molecule is CN=C(NCCCSC)NC(C)c1ccc(F)cc1F.I. The third-order valence-corrected chi connectivity index (χ3v) is 3.52. The number of halogens is 3. The molecule has 120 valence electrons. The smallest absolute Gasteiger partial charge is 0.191 e. The van der Waals surface area contributed by atoms with Crippen molar-refractivity contribution < 1.29 is 8.78 Å². The summed E-state index contributed by atoms with van der Waals surface area (Å²) in [6.07, 6.45) is 3.09. The summed E-state index contributed by atoms with van der Waals surface area (Å²) in [6.45, 7) is 2.62. The van der Waals surface area contributed by atoms with Crippen LogP contribution in [-0.2, 0) is 0 Å². The average Bonchev–Trinajstić information content (AvgIpc) is 2.41. The van der Waals surface area contributed by atoms with Crippen LogP contribution in [0.5, 0.6) is 0 Å². The van der Waals surface area contributed by atoms with Gasteiger partial charge < -0.3 is 10.6 Å². The average molecular weight is 429 g/mol. The van der Waals surface area contributed by atoms with Crippen LogP contribution in [-0.4, -0.2) is 31.6 Å². The van der Waals surface area contributed by atoms with Gasteiger partial charge in [0.1, 0.15) is 11.6 Å². The number of nitrogens with zero attached hydrogens (tertiary/aromatic N) is 1. The molecule has 3 nitrogen and oxygen atoms in total. The highest BCUT2D eigenvalue weighted by atomic mass is 127. The second kappa shape index (κ2) is 11.1. The van der Waals surface area contributed by atoms with Gasteiger partial charge in [0.15, 0.2) is 5.96 Å². The van der Waals surface area contributed by atoms with Crippen LogP contribution in [0.1, 0.15) is 24.9 Å². The Balaban J connectivity index is 0.00000400. The lowest BCUT2D eigenvalue weighted by atomic mass is 10.1. The largest absolute Gasteiger partial charge is 0.356 e. The number of nitrogens with one attached hydrogen (secondary N) is 2. The molecule has 2 N–H and O–H groups in total. The molecule has 0 radical (unpaired) electrons. The van der Waals surface area contributed by atoms with Crippen LogP contribution < -0.4 is 10.6 Å². The molecular weight excluding hydrogens is 407 g/mol. The first-order valence-corrected chi connectivity index (χ1v) is 7.89. The number of hydrogen-bond acceptors (Lipinski definition) is 2. The van der Waals surface area contributed by atoms with Gasteiger partial charge in [-0.1, -0.05) is 6.07 Å². The van der Waals surface area contributed by atoms with E-state index < -0.39 is 11.6 Å². The fourth-order valence-electron chi connectivity index (χ4n) is 1.75. The summed E-state index contributed by atoms with van der Waals surface area (Å²) < 4.78 is 26.5. The normalized spacial score (nSPS) is 12.5. The second-order valence-electron chi connectivity index (χ2n) is 4.38. The van der Waals surface area contributed by atoms with Gasteiger partial charge in [-0.3, -0.25) is 4.99 Å². The number of aliphatic imine (C=N–C) groups is 1. The molecule has 1 aromatic rings. The summed E-state index contributed by atoms with van der Waals surface area (Å²) >= 11 is 1.79. The van der Waals surface area contributed by atoms with E-state index in [4.69, 9.17) is 0 Å². The van der Waals surface area contributed by atoms with Gasteiger partial charge in [0.05, 0.1) is 6.04 Å². The highest BCUT2D eigenvalue weighted by Crippen LogP contribution is 2.17. The van der Waals surface area contributed by atoms with E-state index in [9.17, 15) is 8.78 Å². The fraction of sp³-hybridized carbons (Fsp3) is 0.500. The van der Waals surface area contributed by atoms with Crippen molar-refractivity contribution in [3.8, 4) is 0 Å². The zero-order chi connectivity index (χ0) is 15.0. The Morgan fingerprint density at radius 1 is 1.38 bits per heavy atom. The van der Waals surface area contributed by atoms with Crippen molar-refractivity contribution in [1.29, 1.82) is 0 Å². The molecule has 1 aromatic carbocycles. The number of guanidine groups is 1. The van der Waals surface area contributed by atoms with E-state index >= 15 is 0 Å².